The molecule has 37 heavy (non-hydrogen) atoms. The zero-order valence-corrected chi connectivity index (χ0v) is 23.4. The summed E-state index contributed by atoms with van der Waals surface area (Å²) in [6.07, 6.45) is 0.403. The van der Waals surface area contributed by atoms with Crippen LogP contribution in [0.3, 0.4) is 0 Å². The van der Waals surface area contributed by atoms with Gasteiger partial charge in [-0.3, -0.25) is 14.4 Å². The Balaban J connectivity index is 2.66. The number of carbonyl (C=O) groups excluding carboxylic acids is 4. The van der Waals surface area contributed by atoms with Crippen LogP contribution in [0.2, 0.25) is 0 Å². The lowest BCUT2D eigenvalue weighted by molar-refractivity contribution is -0.183. The van der Waals surface area contributed by atoms with E-state index < -0.39 is 34.5 Å². The topological polar surface area (TPSA) is 114 Å². The monoisotopic (exact) mass is 542 g/mol. The highest BCUT2D eigenvalue weighted by Crippen LogP contribution is 2.25. The predicted octanol–water partition coefficient (Wildman–Crippen LogP) is 4.02. The molecule has 0 amide bonds. The van der Waals surface area contributed by atoms with Crippen molar-refractivity contribution in [3.05, 3.63) is 35.9 Å². The smallest absolute Gasteiger partial charge is 0.337 e. The molecule has 0 saturated carbocycles. The summed E-state index contributed by atoms with van der Waals surface area (Å²) in [6.45, 7) is 8.65. The quantitative estimate of drug-likeness (QED) is 0.124. The molecule has 0 heterocycles. The first-order valence-electron chi connectivity index (χ1n) is 12.1. The molecule has 1 aromatic rings. The Morgan fingerprint density at radius 2 is 1.43 bits per heavy atom. The van der Waals surface area contributed by atoms with Crippen LogP contribution in [-0.2, 0) is 49.5 Å². The summed E-state index contributed by atoms with van der Waals surface area (Å²) in [5.74, 6) is -1.76. The zero-order chi connectivity index (χ0) is 28.1. The van der Waals surface area contributed by atoms with E-state index in [0.29, 0.717) is 12.3 Å². The molecule has 0 saturated heterocycles. The van der Waals surface area contributed by atoms with Crippen molar-refractivity contribution < 1.29 is 42.9 Å². The average Bonchev–Trinajstić information content (AvgIpc) is 2.85. The number of Topliss-reactive ketones (excluding diaryl/α,β-unsaturated/α-hetero) is 1. The second-order valence-corrected chi connectivity index (χ2v) is 10.3. The number of rotatable bonds is 17. The normalized spacial score (nSPS) is 13.4. The van der Waals surface area contributed by atoms with Crippen molar-refractivity contribution in [2.45, 2.75) is 72.2 Å². The molecule has 0 aliphatic carbocycles. The molecule has 0 radical (unpaired) electrons. The number of ketones is 1. The molecule has 0 N–H and O–H groups in total. The molecule has 1 rings (SSSR count). The third-order valence-corrected chi connectivity index (χ3v) is 5.90. The fourth-order valence-electron chi connectivity index (χ4n) is 2.65. The number of carbonyl (C=O) groups is 4. The molecular formula is C27H39ClO9. The van der Waals surface area contributed by atoms with Crippen molar-refractivity contribution in [1.29, 1.82) is 0 Å². The molecule has 10 heteroatoms. The SMILES string of the molecule is CC(=O)C(C)(C)OCC(C)(COC(=O)C(C)(C)OCCC(=O)OCc1ccccc1)C(=O)OCCCCl. The number of ether oxygens (including phenoxy) is 5. The van der Waals surface area contributed by atoms with Crippen LogP contribution in [0.15, 0.2) is 30.3 Å². The molecule has 0 aliphatic rings. The fraction of sp³-hybridized carbons (Fsp3) is 0.630. The number of hydrogen-bond acceptors (Lipinski definition) is 9. The number of halogens is 1. The summed E-state index contributed by atoms with van der Waals surface area (Å²) in [5.41, 5.74) is -3.06. The van der Waals surface area contributed by atoms with Gasteiger partial charge < -0.3 is 23.7 Å². The lowest BCUT2D eigenvalue weighted by atomic mass is 9.92. The Morgan fingerprint density at radius 3 is 2.03 bits per heavy atom. The molecule has 0 aliphatic heterocycles. The minimum absolute atomic E-state index is 0.0534. The van der Waals surface area contributed by atoms with Gasteiger partial charge in [0.25, 0.3) is 0 Å². The lowest BCUT2D eigenvalue weighted by Gasteiger charge is -2.32. The summed E-state index contributed by atoms with van der Waals surface area (Å²) >= 11 is 5.65. The van der Waals surface area contributed by atoms with Crippen LogP contribution in [0.5, 0.6) is 0 Å². The van der Waals surface area contributed by atoms with E-state index in [-0.39, 0.29) is 45.2 Å². The van der Waals surface area contributed by atoms with Crippen LogP contribution in [0.25, 0.3) is 0 Å². The van der Waals surface area contributed by atoms with Crippen LogP contribution in [-0.4, -0.2) is 67.2 Å². The second kappa shape index (κ2) is 15.1. The molecule has 1 aromatic carbocycles. The van der Waals surface area contributed by atoms with Gasteiger partial charge in [-0.05, 0) is 53.5 Å². The summed E-state index contributed by atoms with van der Waals surface area (Å²) in [6, 6.07) is 9.25. The van der Waals surface area contributed by atoms with Gasteiger partial charge in [-0.1, -0.05) is 30.3 Å². The average molecular weight is 543 g/mol. The zero-order valence-electron chi connectivity index (χ0n) is 22.6. The molecule has 1 atom stereocenters. The van der Waals surface area contributed by atoms with E-state index in [9.17, 15) is 19.2 Å². The third kappa shape index (κ3) is 11.6. The van der Waals surface area contributed by atoms with Crippen LogP contribution >= 0.6 is 11.6 Å². The molecule has 1 unspecified atom stereocenters. The number of hydrogen-bond donors (Lipinski definition) is 0. The highest BCUT2D eigenvalue weighted by atomic mass is 35.5. The fourth-order valence-corrected chi connectivity index (χ4v) is 2.76. The van der Waals surface area contributed by atoms with E-state index in [1.807, 2.05) is 30.3 Å². The molecule has 0 aromatic heterocycles. The molecule has 0 fully saturated rings. The van der Waals surface area contributed by atoms with Gasteiger partial charge in [0.15, 0.2) is 11.4 Å². The van der Waals surface area contributed by atoms with Crippen molar-refractivity contribution in [2.75, 3.05) is 32.3 Å². The van der Waals surface area contributed by atoms with E-state index >= 15 is 0 Å². The minimum Gasteiger partial charge on any atom is -0.465 e. The van der Waals surface area contributed by atoms with Gasteiger partial charge in [0.1, 0.15) is 24.2 Å². The maximum absolute atomic E-state index is 12.8. The Morgan fingerprint density at radius 1 is 0.784 bits per heavy atom. The van der Waals surface area contributed by atoms with Crippen LogP contribution in [0, 0.1) is 5.41 Å². The summed E-state index contributed by atoms with van der Waals surface area (Å²) in [5, 5.41) is 0. The van der Waals surface area contributed by atoms with Crippen molar-refractivity contribution in [3.8, 4) is 0 Å². The first-order chi connectivity index (χ1) is 17.2. The van der Waals surface area contributed by atoms with Crippen LogP contribution < -0.4 is 0 Å². The van der Waals surface area contributed by atoms with Crippen LogP contribution in [0.1, 0.15) is 59.9 Å². The van der Waals surface area contributed by atoms with Gasteiger partial charge in [0.2, 0.25) is 0 Å². The van der Waals surface area contributed by atoms with Crippen molar-refractivity contribution in [1.82, 2.24) is 0 Å². The standard InChI is InChI=1S/C27H39ClO9/c1-20(29)25(2,3)37-19-27(6,24(32)33-15-10-14-28)18-35-23(31)26(4,5)36-16-13-22(30)34-17-21-11-8-7-9-12-21/h7-9,11-12H,10,13-19H2,1-6H3. The molecule has 0 spiro atoms. The Labute approximate surface area is 224 Å². The van der Waals surface area contributed by atoms with Gasteiger partial charge in [-0.15, -0.1) is 11.6 Å². The van der Waals surface area contributed by atoms with E-state index in [2.05, 4.69) is 0 Å². The molecule has 0 bridgehead atoms. The van der Waals surface area contributed by atoms with E-state index in [1.54, 1.807) is 13.8 Å². The number of esters is 3. The van der Waals surface area contributed by atoms with Crippen molar-refractivity contribution in [3.63, 3.8) is 0 Å². The van der Waals surface area contributed by atoms with Crippen LogP contribution in [0.4, 0.5) is 0 Å². The van der Waals surface area contributed by atoms with Crippen molar-refractivity contribution >= 4 is 35.3 Å². The van der Waals surface area contributed by atoms with Gasteiger partial charge in [-0.25, -0.2) is 4.79 Å². The first-order valence-corrected chi connectivity index (χ1v) is 12.7. The highest BCUT2D eigenvalue weighted by molar-refractivity contribution is 6.17. The predicted molar refractivity (Wildman–Crippen MR) is 137 cm³/mol. The summed E-state index contributed by atoms with van der Waals surface area (Å²) in [4.78, 5) is 49.4. The minimum atomic E-state index is -1.40. The van der Waals surface area contributed by atoms with Gasteiger partial charge >= 0.3 is 17.9 Å². The second-order valence-electron chi connectivity index (χ2n) is 9.93. The Kier molecular flexibility index (Phi) is 13.2. The molecule has 208 valence electrons. The maximum atomic E-state index is 12.8. The number of alkyl halides is 1. The largest absolute Gasteiger partial charge is 0.465 e. The van der Waals surface area contributed by atoms with Gasteiger partial charge in [-0.2, -0.15) is 0 Å². The summed E-state index contributed by atoms with van der Waals surface area (Å²) < 4.78 is 27.2. The lowest BCUT2D eigenvalue weighted by Crippen LogP contribution is -2.46. The first kappa shape index (κ1) is 32.5. The highest BCUT2D eigenvalue weighted by Gasteiger charge is 2.41. The van der Waals surface area contributed by atoms with E-state index in [1.165, 1.54) is 27.7 Å². The third-order valence-electron chi connectivity index (χ3n) is 5.63. The van der Waals surface area contributed by atoms with E-state index in [0.717, 1.165) is 5.56 Å². The van der Waals surface area contributed by atoms with E-state index in [4.69, 9.17) is 35.3 Å². The van der Waals surface area contributed by atoms with Crippen molar-refractivity contribution in [2.24, 2.45) is 5.41 Å². The molecule has 9 nitrogen and oxygen atoms in total. The summed E-state index contributed by atoms with van der Waals surface area (Å²) in [7, 11) is 0. The Hall–Kier alpha value is -2.49. The maximum Gasteiger partial charge on any atom is 0.337 e. The van der Waals surface area contributed by atoms with Gasteiger partial charge in [0, 0.05) is 5.88 Å². The molecular weight excluding hydrogens is 504 g/mol. The number of benzene rings is 1. The Bertz CT molecular complexity index is 898. The van der Waals surface area contributed by atoms with Gasteiger partial charge in [0.05, 0.1) is 26.2 Å².